The van der Waals surface area contributed by atoms with E-state index in [0.717, 1.165) is 17.9 Å². The van der Waals surface area contributed by atoms with Gasteiger partial charge in [0.25, 0.3) is 0 Å². The summed E-state index contributed by atoms with van der Waals surface area (Å²) in [7, 11) is 0. The average molecular weight is 265 g/mol. The molecule has 1 aromatic heterocycles. The van der Waals surface area contributed by atoms with Crippen molar-refractivity contribution in [1.29, 1.82) is 0 Å². The van der Waals surface area contributed by atoms with Crippen LogP contribution in [-0.4, -0.2) is 16.8 Å². The van der Waals surface area contributed by atoms with Gasteiger partial charge in [-0.05, 0) is 25.1 Å². The predicted molar refractivity (Wildman–Crippen MR) is 68.7 cm³/mol. The van der Waals surface area contributed by atoms with Gasteiger partial charge in [0.15, 0.2) is 0 Å². The van der Waals surface area contributed by atoms with Crippen LogP contribution in [0, 0.1) is 0 Å². The minimum Gasteiger partial charge on any atom is -0.330 e. The van der Waals surface area contributed by atoms with Crippen molar-refractivity contribution in [2.75, 3.05) is 6.54 Å². The summed E-state index contributed by atoms with van der Waals surface area (Å²) in [6, 6.07) is 3.47. The van der Waals surface area contributed by atoms with Crippen LogP contribution in [0.3, 0.4) is 0 Å². The fourth-order valence-electron chi connectivity index (χ4n) is 1.10. The minimum absolute atomic E-state index is 0.487. The van der Waals surface area contributed by atoms with E-state index < -0.39 is 0 Å². The van der Waals surface area contributed by atoms with Gasteiger partial charge in [-0.1, -0.05) is 30.1 Å². The molecule has 2 N–H and O–H groups in total. The topological polar surface area (TPSA) is 38.9 Å². The molecule has 0 bridgehead atoms. The number of nitrogens with two attached hydrogens (primary N) is 1. The second-order valence-corrected chi connectivity index (χ2v) is 5.48. The number of hydrogen-bond acceptors (Lipinski definition) is 3. The van der Waals surface area contributed by atoms with E-state index in [1.807, 2.05) is 0 Å². The molecule has 0 radical (unpaired) electrons. The summed E-state index contributed by atoms with van der Waals surface area (Å²) in [6.07, 6.45) is 1.00. The maximum absolute atomic E-state index is 6.00. The summed E-state index contributed by atoms with van der Waals surface area (Å²) >= 11 is 13.6. The lowest BCUT2D eigenvalue weighted by atomic mass is 10.3. The molecule has 0 saturated heterocycles. The van der Waals surface area contributed by atoms with Gasteiger partial charge in [0, 0.05) is 11.0 Å². The Balaban J connectivity index is 2.53. The van der Waals surface area contributed by atoms with Crippen molar-refractivity contribution in [1.82, 2.24) is 4.98 Å². The molecule has 1 unspecified atom stereocenters. The first-order valence-corrected chi connectivity index (χ1v) is 6.56. The Morgan fingerprint density at radius 2 is 2.20 bits per heavy atom. The van der Waals surface area contributed by atoms with E-state index in [0.29, 0.717) is 22.0 Å². The van der Waals surface area contributed by atoms with Crippen LogP contribution in [0.1, 0.15) is 19.0 Å². The lowest BCUT2D eigenvalue weighted by Gasteiger charge is -2.09. The largest absolute Gasteiger partial charge is 0.330 e. The molecular weight excluding hydrogens is 251 g/mol. The highest BCUT2D eigenvalue weighted by Crippen LogP contribution is 2.24. The summed E-state index contributed by atoms with van der Waals surface area (Å²) in [5.41, 5.74) is 6.32. The van der Waals surface area contributed by atoms with E-state index in [-0.39, 0.29) is 0 Å². The molecule has 1 heterocycles. The monoisotopic (exact) mass is 264 g/mol. The van der Waals surface area contributed by atoms with E-state index in [1.165, 1.54) is 0 Å². The molecular formula is C10H14Cl2N2S. The number of nitrogens with zero attached hydrogens (tertiary/aromatic N) is 1. The van der Waals surface area contributed by atoms with Crippen LogP contribution >= 0.6 is 35.0 Å². The van der Waals surface area contributed by atoms with Crippen LogP contribution in [0.2, 0.25) is 10.2 Å². The van der Waals surface area contributed by atoms with Gasteiger partial charge in [-0.2, -0.15) is 11.8 Å². The Bertz CT molecular complexity index is 320. The van der Waals surface area contributed by atoms with Gasteiger partial charge in [-0.3, -0.25) is 0 Å². The predicted octanol–water partition coefficient (Wildman–Crippen LogP) is 3.36. The fourth-order valence-corrected chi connectivity index (χ4v) is 2.48. The number of hydrogen-bond donors (Lipinski definition) is 1. The summed E-state index contributed by atoms with van der Waals surface area (Å²) in [5.74, 6) is 0.778. The maximum Gasteiger partial charge on any atom is 0.129 e. The van der Waals surface area contributed by atoms with Crippen LogP contribution < -0.4 is 5.73 Å². The molecule has 5 heteroatoms. The van der Waals surface area contributed by atoms with Crippen molar-refractivity contribution in [2.24, 2.45) is 5.73 Å². The SMILES string of the molecule is CC(CCN)SCc1nc(Cl)ccc1Cl. The minimum atomic E-state index is 0.487. The van der Waals surface area contributed by atoms with Gasteiger partial charge in [-0.25, -0.2) is 4.98 Å². The molecule has 0 saturated carbocycles. The van der Waals surface area contributed by atoms with Gasteiger partial charge in [0.2, 0.25) is 0 Å². The van der Waals surface area contributed by atoms with Crippen LogP contribution in [0.25, 0.3) is 0 Å². The molecule has 0 aromatic carbocycles. The second kappa shape index (κ2) is 6.59. The molecule has 0 aliphatic carbocycles. The fraction of sp³-hybridized carbons (Fsp3) is 0.500. The Kier molecular flexibility index (Phi) is 5.75. The number of pyridine rings is 1. The molecule has 1 atom stereocenters. The lowest BCUT2D eigenvalue weighted by molar-refractivity contribution is 0.822. The van der Waals surface area contributed by atoms with Crippen LogP contribution in [-0.2, 0) is 5.75 Å². The highest BCUT2D eigenvalue weighted by molar-refractivity contribution is 7.99. The van der Waals surface area contributed by atoms with Crippen LogP contribution in [0.5, 0.6) is 0 Å². The first kappa shape index (κ1) is 13.1. The molecule has 0 fully saturated rings. The van der Waals surface area contributed by atoms with E-state index >= 15 is 0 Å². The van der Waals surface area contributed by atoms with Crippen LogP contribution in [0.4, 0.5) is 0 Å². The zero-order chi connectivity index (χ0) is 11.3. The van der Waals surface area contributed by atoms with Crippen molar-refractivity contribution in [3.8, 4) is 0 Å². The van der Waals surface area contributed by atoms with E-state index in [9.17, 15) is 0 Å². The highest BCUT2D eigenvalue weighted by Gasteiger charge is 2.06. The standard InChI is InChI=1S/C10H14Cl2N2S/c1-7(4-5-13)15-6-9-8(11)2-3-10(12)14-9/h2-3,7H,4-6,13H2,1H3. The molecule has 0 aliphatic heterocycles. The van der Waals surface area contributed by atoms with Gasteiger partial charge in [0.05, 0.1) is 10.7 Å². The normalized spacial score (nSPS) is 12.8. The average Bonchev–Trinajstić information content (AvgIpc) is 2.20. The third-order valence-corrected chi connectivity index (χ3v) is 3.76. The third kappa shape index (κ3) is 4.60. The maximum atomic E-state index is 6.00. The molecule has 1 aromatic rings. The van der Waals surface area contributed by atoms with E-state index in [1.54, 1.807) is 23.9 Å². The summed E-state index contributed by atoms with van der Waals surface area (Å²) < 4.78 is 0. The summed E-state index contributed by atoms with van der Waals surface area (Å²) in [5, 5.41) is 1.68. The summed E-state index contributed by atoms with van der Waals surface area (Å²) in [4.78, 5) is 4.19. The van der Waals surface area contributed by atoms with Crippen molar-refractivity contribution < 1.29 is 0 Å². The van der Waals surface area contributed by atoms with Crippen molar-refractivity contribution >= 4 is 35.0 Å². The molecule has 84 valence electrons. The van der Waals surface area contributed by atoms with Gasteiger partial charge in [0.1, 0.15) is 5.15 Å². The van der Waals surface area contributed by atoms with Gasteiger partial charge < -0.3 is 5.73 Å². The number of rotatable bonds is 5. The van der Waals surface area contributed by atoms with Crippen molar-refractivity contribution in [3.63, 3.8) is 0 Å². The van der Waals surface area contributed by atoms with Crippen LogP contribution in [0.15, 0.2) is 12.1 Å². The van der Waals surface area contributed by atoms with Crippen molar-refractivity contribution in [3.05, 3.63) is 28.0 Å². The smallest absolute Gasteiger partial charge is 0.129 e. The third-order valence-electron chi connectivity index (χ3n) is 1.96. The highest BCUT2D eigenvalue weighted by atomic mass is 35.5. The van der Waals surface area contributed by atoms with E-state index in [4.69, 9.17) is 28.9 Å². The Hall–Kier alpha value is 0.0400. The number of aromatic nitrogens is 1. The quantitative estimate of drug-likeness (QED) is 0.830. The van der Waals surface area contributed by atoms with E-state index in [2.05, 4.69) is 11.9 Å². The molecule has 2 nitrogen and oxygen atoms in total. The number of halogens is 2. The zero-order valence-corrected chi connectivity index (χ0v) is 10.9. The van der Waals surface area contributed by atoms with Gasteiger partial charge >= 0.3 is 0 Å². The molecule has 0 spiro atoms. The first-order valence-electron chi connectivity index (χ1n) is 4.76. The molecule has 0 aliphatic rings. The number of thioether (sulfide) groups is 1. The van der Waals surface area contributed by atoms with Gasteiger partial charge in [-0.15, -0.1) is 0 Å². The zero-order valence-electron chi connectivity index (χ0n) is 8.54. The molecule has 15 heavy (non-hydrogen) atoms. The Morgan fingerprint density at radius 3 is 2.87 bits per heavy atom. The van der Waals surface area contributed by atoms with Crippen molar-refractivity contribution in [2.45, 2.75) is 24.3 Å². The molecule has 0 amide bonds. The first-order chi connectivity index (χ1) is 7.13. The summed E-state index contributed by atoms with van der Waals surface area (Å²) in [6.45, 7) is 2.86. The lowest BCUT2D eigenvalue weighted by Crippen LogP contribution is -2.07. The Labute approximate surface area is 105 Å². The molecule has 1 rings (SSSR count). The Morgan fingerprint density at radius 1 is 1.47 bits per heavy atom. The second-order valence-electron chi connectivity index (χ2n) is 3.26.